The number of sulfone groups is 1. The summed E-state index contributed by atoms with van der Waals surface area (Å²) in [7, 11) is -1.12. The molecular weight excluding hydrogens is 348 g/mol. The summed E-state index contributed by atoms with van der Waals surface area (Å²) in [6, 6.07) is 4.57. The molecular formula is C12H15BrN2O4S. The molecule has 1 unspecified atom stereocenters. The SMILES string of the molecule is CN(c1ccc([N+](=O)[O-])cc1CBr)C1CCS(=O)(=O)C1. The second-order valence-electron chi connectivity index (χ2n) is 4.87. The van der Waals surface area contributed by atoms with Crippen molar-refractivity contribution >= 4 is 37.1 Å². The lowest BCUT2D eigenvalue weighted by Crippen LogP contribution is -2.33. The molecule has 1 aliphatic rings. The van der Waals surface area contributed by atoms with E-state index in [2.05, 4.69) is 15.9 Å². The lowest BCUT2D eigenvalue weighted by atomic mass is 10.1. The lowest BCUT2D eigenvalue weighted by molar-refractivity contribution is -0.384. The van der Waals surface area contributed by atoms with Gasteiger partial charge in [0.15, 0.2) is 9.84 Å². The van der Waals surface area contributed by atoms with Crippen LogP contribution in [0.25, 0.3) is 0 Å². The number of nitrogens with zero attached hydrogens (tertiary/aromatic N) is 2. The summed E-state index contributed by atoms with van der Waals surface area (Å²) in [5.41, 5.74) is 1.65. The van der Waals surface area contributed by atoms with E-state index in [1.165, 1.54) is 12.1 Å². The van der Waals surface area contributed by atoms with Crippen LogP contribution in [-0.4, -0.2) is 37.9 Å². The Labute approximate surface area is 126 Å². The summed E-state index contributed by atoms with van der Waals surface area (Å²) in [4.78, 5) is 12.3. The maximum absolute atomic E-state index is 11.5. The van der Waals surface area contributed by atoms with Crippen molar-refractivity contribution < 1.29 is 13.3 Å². The molecule has 0 aliphatic carbocycles. The first-order valence-corrected chi connectivity index (χ1v) is 9.05. The van der Waals surface area contributed by atoms with Crippen molar-refractivity contribution in [2.45, 2.75) is 17.8 Å². The Morgan fingerprint density at radius 1 is 1.50 bits per heavy atom. The molecule has 2 rings (SSSR count). The van der Waals surface area contributed by atoms with Gasteiger partial charge in [-0.25, -0.2) is 8.42 Å². The Morgan fingerprint density at radius 2 is 2.20 bits per heavy atom. The Hall–Kier alpha value is -1.15. The Balaban J connectivity index is 2.30. The number of nitro benzene ring substituents is 1. The third-order valence-electron chi connectivity index (χ3n) is 3.55. The summed E-state index contributed by atoms with van der Waals surface area (Å²) < 4.78 is 23.1. The molecule has 1 atom stereocenters. The molecule has 0 N–H and O–H groups in total. The summed E-state index contributed by atoms with van der Waals surface area (Å²) in [6.45, 7) is 0. The third-order valence-corrected chi connectivity index (χ3v) is 5.91. The molecule has 1 aliphatic heterocycles. The number of anilines is 1. The number of halogens is 1. The average Bonchev–Trinajstić information content (AvgIpc) is 2.77. The normalized spacial score (nSPS) is 20.8. The van der Waals surface area contributed by atoms with E-state index in [1.54, 1.807) is 6.07 Å². The molecule has 0 radical (unpaired) electrons. The van der Waals surface area contributed by atoms with Gasteiger partial charge in [-0.05, 0) is 18.1 Å². The monoisotopic (exact) mass is 362 g/mol. The smallest absolute Gasteiger partial charge is 0.269 e. The zero-order valence-corrected chi connectivity index (χ0v) is 13.4. The van der Waals surface area contributed by atoms with Crippen LogP contribution < -0.4 is 4.90 Å². The molecule has 1 fully saturated rings. The van der Waals surface area contributed by atoms with Crippen molar-refractivity contribution in [3.63, 3.8) is 0 Å². The first kappa shape index (κ1) is 15.2. The van der Waals surface area contributed by atoms with E-state index in [0.29, 0.717) is 11.8 Å². The van der Waals surface area contributed by atoms with Crippen LogP contribution in [0.2, 0.25) is 0 Å². The highest BCUT2D eigenvalue weighted by Crippen LogP contribution is 2.30. The number of rotatable bonds is 4. The summed E-state index contributed by atoms with van der Waals surface area (Å²) in [5.74, 6) is 0.348. The van der Waals surface area contributed by atoms with Gasteiger partial charge in [0.2, 0.25) is 0 Å². The molecule has 0 bridgehead atoms. The molecule has 0 saturated carbocycles. The zero-order chi connectivity index (χ0) is 14.9. The van der Waals surface area contributed by atoms with Gasteiger partial charge in [0.1, 0.15) is 0 Å². The van der Waals surface area contributed by atoms with Crippen LogP contribution in [0.1, 0.15) is 12.0 Å². The molecule has 1 saturated heterocycles. The van der Waals surface area contributed by atoms with E-state index in [4.69, 9.17) is 0 Å². The van der Waals surface area contributed by atoms with Crippen molar-refractivity contribution in [3.05, 3.63) is 33.9 Å². The summed E-state index contributed by atoms with van der Waals surface area (Å²) in [5, 5.41) is 11.3. The van der Waals surface area contributed by atoms with Crippen LogP contribution in [0.3, 0.4) is 0 Å². The minimum Gasteiger partial charge on any atom is -0.370 e. The third kappa shape index (κ3) is 3.12. The molecule has 1 aromatic rings. The number of hydrogen-bond acceptors (Lipinski definition) is 5. The first-order chi connectivity index (χ1) is 9.34. The van der Waals surface area contributed by atoms with Crippen molar-refractivity contribution in [1.29, 1.82) is 0 Å². The number of alkyl halides is 1. The predicted molar refractivity (Wildman–Crippen MR) is 81.2 cm³/mol. The van der Waals surface area contributed by atoms with Crippen LogP contribution in [-0.2, 0) is 15.2 Å². The van der Waals surface area contributed by atoms with Gasteiger partial charge in [0.25, 0.3) is 5.69 Å². The minimum atomic E-state index is -2.95. The predicted octanol–water partition coefficient (Wildman–Crippen LogP) is 2.11. The topological polar surface area (TPSA) is 80.5 Å². The molecule has 0 spiro atoms. The van der Waals surface area contributed by atoms with Gasteiger partial charge in [0, 0.05) is 36.2 Å². The van der Waals surface area contributed by atoms with Crippen molar-refractivity contribution in [3.8, 4) is 0 Å². The molecule has 8 heteroatoms. The molecule has 20 heavy (non-hydrogen) atoms. The van der Waals surface area contributed by atoms with Gasteiger partial charge in [0.05, 0.1) is 16.4 Å². The summed E-state index contributed by atoms with van der Waals surface area (Å²) in [6.07, 6.45) is 0.595. The molecule has 0 amide bonds. The zero-order valence-electron chi connectivity index (χ0n) is 11.0. The largest absolute Gasteiger partial charge is 0.370 e. The van der Waals surface area contributed by atoms with Crippen LogP contribution in [0, 0.1) is 10.1 Å². The highest BCUT2D eigenvalue weighted by molar-refractivity contribution is 9.08. The number of benzene rings is 1. The van der Waals surface area contributed by atoms with Crippen LogP contribution >= 0.6 is 15.9 Å². The molecule has 1 heterocycles. The maximum Gasteiger partial charge on any atom is 0.269 e. The van der Waals surface area contributed by atoms with E-state index in [1.807, 2.05) is 11.9 Å². The van der Waals surface area contributed by atoms with Gasteiger partial charge in [-0.1, -0.05) is 15.9 Å². The molecule has 110 valence electrons. The highest BCUT2D eigenvalue weighted by Gasteiger charge is 2.31. The van der Waals surface area contributed by atoms with Gasteiger partial charge in [-0.2, -0.15) is 0 Å². The molecule has 6 nitrogen and oxygen atoms in total. The molecule has 1 aromatic carbocycles. The van der Waals surface area contributed by atoms with Gasteiger partial charge < -0.3 is 4.90 Å². The second kappa shape index (κ2) is 5.69. The quantitative estimate of drug-likeness (QED) is 0.465. The van der Waals surface area contributed by atoms with Crippen molar-refractivity contribution in [2.24, 2.45) is 0 Å². The van der Waals surface area contributed by atoms with Gasteiger partial charge in [-0.15, -0.1) is 0 Å². The average molecular weight is 363 g/mol. The fourth-order valence-electron chi connectivity index (χ4n) is 2.41. The fraction of sp³-hybridized carbons (Fsp3) is 0.500. The van der Waals surface area contributed by atoms with E-state index >= 15 is 0 Å². The second-order valence-corrected chi connectivity index (χ2v) is 7.66. The number of nitro groups is 1. The number of hydrogen-bond donors (Lipinski definition) is 0. The van der Waals surface area contributed by atoms with Crippen LogP contribution in [0.5, 0.6) is 0 Å². The van der Waals surface area contributed by atoms with Crippen LogP contribution in [0.15, 0.2) is 18.2 Å². The van der Waals surface area contributed by atoms with Gasteiger partial charge >= 0.3 is 0 Å². The Morgan fingerprint density at radius 3 is 2.70 bits per heavy atom. The standard InChI is InChI=1S/C12H15BrN2O4S/c1-14(11-4-5-20(18,19)8-11)12-3-2-10(15(16)17)6-9(12)7-13/h2-3,6,11H,4-5,7-8H2,1H3. The molecule has 0 aromatic heterocycles. The van der Waals surface area contributed by atoms with Crippen LogP contribution in [0.4, 0.5) is 11.4 Å². The van der Waals surface area contributed by atoms with E-state index in [-0.39, 0.29) is 23.2 Å². The number of non-ortho nitro benzene ring substituents is 1. The minimum absolute atomic E-state index is 0.0376. The van der Waals surface area contributed by atoms with E-state index in [0.717, 1.165) is 11.3 Å². The first-order valence-electron chi connectivity index (χ1n) is 6.10. The van der Waals surface area contributed by atoms with Crippen molar-refractivity contribution in [1.82, 2.24) is 0 Å². The Kier molecular flexibility index (Phi) is 4.33. The van der Waals surface area contributed by atoms with E-state index < -0.39 is 14.8 Å². The van der Waals surface area contributed by atoms with Crippen molar-refractivity contribution in [2.75, 3.05) is 23.5 Å². The fourth-order valence-corrected chi connectivity index (χ4v) is 4.64. The van der Waals surface area contributed by atoms with Gasteiger partial charge in [-0.3, -0.25) is 10.1 Å². The highest BCUT2D eigenvalue weighted by atomic mass is 79.9. The maximum atomic E-state index is 11.5. The summed E-state index contributed by atoms with van der Waals surface area (Å²) >= 11 is 3.32. The van der Waals surface area contributed by atoms with E-state index in [9.17, 15) is 18.5 Å². The Bertz CT molecular complexity index is 632. The lowest BCUT2D eigenvalue weighted by Gasteiger charge is -2.27.